The minimum atomic E-state index is -0.808. The van der Waals surface area contributed by atoms with E-state index >= 15 is 0 Å². The maximum absolute atomic E-state index is 12.7. The molecule has 4 heteroatoms. The lowest BCUT2D eigenvalue weighted by molar-refractivity contribution is 0.522. The predicted molar refractivity (Wildman–Crippen MR) is 36.0 cm³/mol. The summed E-state index contributed by atoms with van der Waals surface area (Å²) in [6.45, 7) is 0. The van der Waals surface area contributed by atoms with Gasteiger partial charge in [-0.3, -0.25) is 0 Å². The molecule has 11 heavy (non-hydrogen) atoms. The molecule has 0 aromatic carbocycles. The van der Waals surface area contributed by atoms with Crippen molar-refractivity contribution in [3.05, 3.63) is 30.2 Å². The lowest BCUT2D eigenvalue weighted by atomic mass is 10.3. The van der Waals surface area contributed by atoms with Crippen molar-refractivity contribution >= 4 is 10.9 Å². The second-order valence-corrected chi connectivity index (χ2v) is 2.17. The van der Waals surface area contributed by atoms with Gasteiger partial charge >= 0.3 is 0 Å². The number of fused-ring (bicyclic) bond motifs is 1. The van der Waals surface area contributed by atoms with Crippen LogP contribution in [0.15, 0.2) is 18.3 Å². The number of hydrogen-bond acceptors (Lipinski definition) is 1. The summed E-state index contributed by atoms with van der Waals surface area (Å²) < 4.78 is 25.1. The van der Waals surface area contributed by atoms with Crippen LogP contribution in [-0.4, -0.2) is 9.97 Å². The van der Waals surface area contributed by atoms with Gasteiger partial charge in [0, 0.05) is 12.3 Å². The molecule has 0 amide bonds. The SMILES string of the molecule is Fc1cc2[nH]ccc2c(F)n1. The number of aromatic amines is 1. The first-order valence-electron chi connectivity index (χ1n) is 3.06. The summed E-state index contributed by atoms with van der Waals surface area (Å²) in [6.07, 6.45) is 1.54. The van der Waals surface area contributed by atoms with Gasteiger partial charge in [-0.15, -0.1) is 0 Å². The summed E-state index contributed by atoms with van der Waals surface area (Å²) in [5.41, 5.74) is 0.426. The van der Waals surface area contributed by atoms with E-state index in [2.05, 4.69) is 9.97 Å². The number of aromatic nitrogens is 2. The normalized spacial score (nSPS) is 10.7. The zero-order valence-corrected chi connectivity index (χ0v) is 5.44. The number of pyridine rings is 1. The fourth-order valence-electron chi connectivity index (χ4n) is 0.987. The van der Waals surface area contributed by atoms with Gasteiger partial charge in [-0.05, 0) is 6.07 Å². The van der Waals surface area contributed by atoms with Crippen LogP contribution in [0.25, 0.3) is 10.9 Å². The van der Waals surface area contributed by atoms with Gasteiger partial charge in [0.2, 0.25) is 11.9 Å². The van der Waals surface area contributed by atoms with Crippen LogP contribution in [0.1, 0.15) is 0 Å². The quantitative estimate of drug-likeness (QED) is 0.576. The zero-order chi connectivity index (χ0) is 7.84. The molecule has 56 valence electrons. The molecular weight excluding hydrogens is 150 g/mol. The van der Waals surface area contributed by atoms with Crippen molar-refractivity contribution < 1.29 is 8.78 Å². The first kappa shape index (κ1) is 6.27. The molecule has 0 aliphatic rings. The third-order valence-electron chi connectivity index (χ3n) is 1.47. The fourth-order valence-corrected chi connectivity index (χ4v) is 0.987. The molecule has 2 aromatic rings. The Morgan fingerprint density at radius 1 is 1.36 bits per heavy atom. The molecule has 0 bridgehead atoms. The van der Waals surface area contributed by atoms with Gasteiger partial charge in [0.05, 0.1) is 10.9 Å². The minimum absolute atomic E-state index is 0.311. The van der Waals surface area contributed by atoms with Crippen molar-refractivity contribution in [1.82, 2.24) is 9.97 Å². The first-order valence-corrected chi connectivity index (χ1v) is 3.06. The monoisotopic (exact) mass is 154 g/mol. The topological polar surface area (TPSA) is 28.7 Å². The average molecular weight is 154 g/mol. The van der Waals surface area contributed by atoms with E-state index < -0.39 is 11.9 Å². The summed E-state index contributed by atoms with van der Waals surface area (Å²) in [4.78, 5) is 5.70. The van der Waals surface area contributed by atoms with Crippen molar-refractivity contribution in [1.29, 1.82) is 0 Å². The summed E-state index contributed by atoms with van der Waals surface area (Å²) in [6, 6.07) is 2.66. The highest BCUT2D eigenvalue weighted by atomic mass is 19.1. The Morgan fingerprint density at radius 3 is 3.00 bits per heavy atom. The van der Waals surface area contributed by atoms with E-state index in [1.807, 2.05) is 0 Å². The van der Waals surface area contributed by atoms with Crippen LogP contribution < -0.4 is 0 Å². The molecule has 0 spiro atoms. The summed E-state index contributed by atoms with van der Waals surface area (Å²) in [7, 11) is 0. The smallest absolute Gasteiger partial charge is 0.224 e. The Bertz CT molecular complexity index is 394. The number of hydrogen-bond donors (Lipinski definition) is 1. The Hall–Kier alpha value is -1.45. The summed E-state index contributed by atoms with van der Waals surface area (Å²) in [5, 5.41) is 0.311. The first-order chi connectivity index (χ1) is 5.27. The lowest BCUT2D eigenvalue weighted by Crippen LogP contribution is -1.87. The number of H-pyrrole nitrogens is 1. The molecular formula is C7H4F2N2. The van der Waals surface area contributed by atoms with Crippen molar-refractivity contribution in [3.63, 3.8) is 0 Å². The van der Waals surface area contributed by atoms with Gasteiger partial charge < -0.3 is 4.98 Å². The van der Waals surface area contributed by atoms with Crippen molar-refractivity contribution in [2.24, 2.45) is 0 Å². The minimum Gasteiger partial charge on any atom is -0.361 e. The van der Waals surface area contributed by atoms with E-state index in [0.29, 0.717) is 10.9 Å². The number of rotatable bonds is 0. The third kappa shape index (κ3) is 0.869. The van der Waals surface area contributed by atoms with Crippen molar-refractivity contribution in [2.45, 2.75) is 0 Å². The van der Waals surface area contributed by atoms with Crippen LogP contribution in [0.4, 0.5) is 8.78 Å². The highest BCUT2D eigenvalue weighted by Crippen LogP contribution is 2.14. The second-order valence-electron chi connectivity index (χ2n) is 2.17. The van der Waals surface area contributed by atoms with Crippen LogP contribution >= 0.6 is 0 Å². The van der Waals surface area contributed by atoms with Crippen molar-refractivity contribution in [3.8, 4) is 0 Å². The predicted octanol–water partition coefficient (Wildman–Crippen LogP) is 1.84. The standard InChI is InChI=1S/C7H4F2N2/c8-6-3-5-4(1-2-10-5)7(9)11-6/h1-3,10H. The van der Waals surface area contributed by atoms with E-state index in [9.17, 15) is 8.78 Å². The molecule has 0 aliphatic heterocycles. The summed E-state index contributed by atoms with van der Waals surface area (Å²) in [5.74, 6) is -1.58. The average Bonchev–Trinajstić information content (AvgIpc) is 2.34. The van der Waals surface area contributed by atoms with E-state index in [0.717, 1.165) is 6.07 Å². The molecule has 1 N–H and O–H groups in total. The molecule has 0 saturated carbocycles. The van der Waals surface area contributed by atoms with E-state index in [4.69, 9.17) is 0 Å². The highest BCUT2D eigenvalue weighted by Gasteiger charge is 2.04. The molecule has 0 saturated heterocycles. The Balaban J connectivity index is 2.91. The van der Waals surface area contributed by atoms with E-state index in [1.165, 1.54) is 12.3 Å². The molecule has 2 nitrogen and oxygen atoms in total. The molecule has 0 radical (unpaired) electrons. The number of nitrogens with zero attached hydrogens (tertiary/aromatic N) is 1. The van der Waals surface area contributed by atoms with Gasteiger partial charge in [0.25, 0.3) is 0 Å². The summed E-state index contributed by atoms with van der Waals surface area (Å²) >= 11 is 0. The van der Waals surface area contributed by atoms with Gasteiger partial charge in [0.1, 0.15) is 0 Å². The van der Waals surface area contributed by atoms with Crippen molar-refractivity contribution in [2.75, 3.05) is 0 Å². The molecule has 2 aromatic heterocycles. The zero-order valence-electron chi connectivity index (χ0n) is 5.44. The maximum atomic E-state index is 12.7. The van der Waals surface area contributed by atoms with Crippen LogP contribution in [0, 0.1) is 11.9 Å². The van der Waals surface area contributed by atoms with E-state index in [-0.39, 0.29) is 0 Å². The Morgan fingerprint density at radius 2 is 2.18 bits per heavy atom. The van der Waals surface area contributed by atoms with E-state index in [1.54, 1.807) is 0 Å². The second kappa shape index (κ2) is 2.02. The molecule has 0 aliphatic carbocycles. The van der Waals surface area contributed by atoms with Crippen LogP contribution in [0.2, 0.25) is 0 Å². The Labute approximate surface area is 60.9 Å². The third-order valence-corrected chi connectivity index (χ3v) is 1.47. The van der Waals surface area contributed by atoms with Crippen LogP contribution in [0.5, 0.6) is 0 Å². The number of halogens is 2. The molecule has 0 unspecified atom stereocenters. The molecule has 0 fully saturated rings. The number of nitrogens with one attached hydrogen (secondary N) is 1. The fraction of sp³-hybridized carbons (Fsp3) is 0. The Kier molecular flexibility index (Phi) is 1.15. The highest BCUT2D eigenvalue weighted by molar-refractivity contribution is 5.78. The van der Waals surface area contributed by atoms with Gasteiger partial charge in [-0.2, -0.15) is 13.8 Å². The largest absolute Gasteiger partial charge is 0.361 e. The lowest BCUT2D eigenvalue weighted by Gasteiger charge is -1.90. The van der Waals surface area contributed by atoms with Crippen LogP contribution in [0.3, 0.4) is 0 Å². The molecule has 0 atom stereocenters. The van der Waals surface area contributed by atoms with Gasteiger partial charge in [-0.1, -0.05) is 0 Å². The van der Waals surface area contributed by atoms with Gasteiger partial charge in [0.15, 0.2) is 0 Å². The molecule has 2 heterocycles. The molecule has 2 rings (SSSR count). The maximum Gasteiger partial charge on any atom is 0.224 e. The van der Waals surface area contributed by atoms with Crippen LogP contribution in [-0.2, 0) is 0 Å². The van der Waals surface area contributed by atoms with Gasteiger partial charge in [-0.25, -0.2) is 0 Å².